The van der Waals surface area contributed by atoms with Crippen molar-refractivity contribution in [2.75, 3.05) is 13.1 Å². The molecule has 1 aliphatic carbocycles. The Morgan fingerprint density at radius 3 is 2.95 bits per heavy atom. The van der Waals surface area contributed by atoms with E-state index in [4.69, 9.17) is 21.1 Å². The van der Waals surface area contributed by atoms with Crippen LogP contribution in [0, 0.1) is 5.92 Å². The van der Waals surface area contributed by atoms with Gasteiger partial charge in [0.2, 0.25) is 5.89 Å². The third kappa shape index (κ3) is 2.64. The summed E-state index contributed by atoms with van der Waals surface area (Å²) < 4.78 is 5.62. The van der Waals surface area contributed by atoms with Gasteiger partial charge < -0.3 is 9.84 Å². The van der Waals surface area contributed by atoms with Crippen LogP contribution in [0.25, 0.3) is 0 Å². The van der Waals surface area contributed by atoms with Gasteiger partial charge in [-0.2, -0.15) is 4.98 Å². The fraction of sp³-hybridized carbons (Fsp3) is 0.500. The molecule has 1 saturated heterocycles. The second-order valence-corrected chi connectivity index (χ2v) is 6.63. The molecule has 6 heteroatoms. The molecule has 0 amide bonds. The molecule has 1 aromatic carbocycles. The summed E-state index contributed by atoms with van der Waals surface area (Å²) in [5, 5.41) is 8.42. The molecule has 118 valence electrons. The van der Waals surface area contributed by atoms with Gasteiger partial charge in [0.15, 0.2) is 5.82 Å². The molecule has 2 aliphatic rings. The number of benzene rings is 1. The maximum absolute atomic E-state index is 5.91. The summed E-state index contributed by atoms with van der Waals surface area (Å²) >= 11 is 5.91. The Bertz CT molecular complexity index is 631. The zero-order valence-electron chi connectivity index (χ0n) is 12.2. The fourth-order valence-electron chi connectivity index (χ4n) is 3.81. The van der Waals surface area contributed by atoms with Gasteiger partial charge in [-0.1, -0.05) is 35.3 Å². The Morgan fingerprint density at radius 2 is 2.14 bits per heavy atom. The highest BCUT2D eigenvalue weighted by Gasteiger charge is 2.51. The first kappa shape index (κ1) is 15.8. The van der Waals surface area contributed by atoms with E-state index >= 15 is 0 Å². The molecule has 2 aromatic rings. The molecule has 22 heavy (non-hydrogen) atoms. The van der Waals surface area contributed by atoms with E-state index < -0.39 is 0 Å². The van der Waals surface area contributed by atoms with Crippen molar-refractivity contribution in [3.05, 3.63) is 46.6 Å². The molecule has 1 N–H and O–H groups in total. The smallest absolute Gasteiger partial charge is 0.234 e. The molecule has 0 unspecified atom stereocenters. The van der Waals surface area contributed by atoms with Crippen molar-refractivity contribution in [3.8, 4) is 0 Å². The van der Waals surface area contributed by atoms with Gasteiger partial charge in [0, 0.05) is 18.0 Å². The number of fused-ring (bicyclic) bond motifs is 1. The van der Waals surface area contributed by atoms with E-state index in [0.717, 1.165) is 41.8 Å². The van der Waals surface area contributed by atoms with Gasteiger partial charge in [0.05, 0.1) is 5.41 Å². The molecule has 2 heterocycles. The number of nitrogens with one attached hydrogen (secondary N) is 1. The number of halogens is 2. The second-order valence-electron chi connectivity index (χ2n) is 6.20. The largest absolute Gasteiger partial charge is 0.339 e. The van der Waals surface area contributed by atoms with Crippen LogP contribution < -0.4 is 5.32 Å². The first-order valence-electron chi connectivity index (χ1n) is 7.54. The van der Waals surface area contributed by atoms with E-state index in [0.29, 0.717) is 12.3 Å². The summed E-state index contributed by atoms with van der Waals surface area (Å²) in [6.07, 6.45) is 4.38. The SMILES string of the molecule is Cl.Clc1ccc(Cc2noc([C@@]34CCC[C@@H]3CNC4)n2)cc1. The molecule has 2 atom stereocenters. The summed E-state index contributed by atoms with van der Waals surface area (Å²) in [7, 11) is 0. The van der Waals surface area contributed by atoms with Crippen LogP contribution in [0.5, 0.6) is 0 Å². The summed E-state index contributed by atoms with van der Waals surface area (Å²) in [4.78, 5) is 4.69. The van der Waals surface area contributed by atoms with Crippen molar-refractivity contribution >= 4 is 24.0 Å². The van der Waals surface area contributed by atoms with Gasteiger partial charge in [0.1, 0.15) is 0 Å². The quantitative estimate of drug-likeness (QED) is 0.931. The summed E-state index contributed by atoms with van der Waals surface area (Å²) in [6, 6.07) is 7.80. The standard InChI is InChI=1S/C16H18ClN3O.ClH/c17-13-5-3-11(4-6-13)8-14-19-15(21-20-14)16-7-1-2-12(16)9-18-10-16;/h3-6,12,18H,1-2,7-10H2;1H/t12-,16-;/m1./s1. The maximum atomic E-state index is 5.91. The van der Waals surface area contributed by atoms with E-state index in [-0.39, 0.29) is 17.8 Å². The van der Waals surface area contributed by atoms with Crippen LogP contribution in [-0.4, -0.2) is 23.2 Å². The number of aromatic nitrogens is 2. The lowest BCUT2D eigenvalue weighted by Gasteiger charge is -2.22. The molecule has 1 aliphatic heterocycles. The third-order valence-corrected chi connectivity index (χ3v) is 5.21. The van der Waals surface area contributed by atoms with Crippen molar-refractivity contribution < 1.29 is 4.52 Å². The van der Waals surface area contributed by atoms with E-state index in [9.17, 15) is 0 Å². The average Bonchev–Trinajstić information content (AvgIpc) is 3.15. The molecule has 0 bridgehead atoms. The minimum absolute atomic E-state index is 0. The van der Waals surface area contributed by atoms with Gasteiger partial charge in [-0.25, -0.2) is 0 Å². The van der Waals surface area contributed by atoms with Gasteiger partial charge in [-0.15, -0.1) is 12.4 Å². The zero-order chi connectivity index (χ0) is 14.3. The van der Waals surface area contributed by atoms with Crippen molar-refractivity contribution in [2.45, 2.75) is 31.1 Å². The van der Waals surface area contributed by atoms with Gasteiger partial charge >= 0.3 is 0 Å². The lowest BCUT2D eigenvalue weighted by atomic mass is 9.80. The summed E-state index contributed by atoms with van der Waals surface area (Å²) in [5.41, 5.74) is 1.24. The Balaban J connectivity index is 0.00000144. The van der Waals surface area contributed by atoms with Crippen molar-refractivity contribution in [2.24, 2.45) is 5.92 Å². The molecule has 2 fully saturated rings. The first-order chi connectivity index (χ1) is 10.3. The van der Waals surface area contributed by atoms with Gasteiger partial charge in [-0.3, -0.25) is 0 Å². The molecular formula is C16H19Cl2N3O. The fourth-order valence-corrected chi connectivity index (χ4v) is 3.94. The molecule has 4 rings (SSSR count). The number of nitrogens with zero attached hydrogens (tertiary/aromatic N) is 2. The molecule has 0 spiro atoms. The van der Waals surface area contributed by atoms with E-state index in [1.165, 1.54) is 12.8 Å². The number of hydrogen-bond acceptors (Lipinski definition) is 4. The minimum atomic E-state index is 0. The molecule has 1 aromatic heterocycles. The molecular weight excluding hydrogens is 321 g/mol. The highest BCUT2D eigenvalue weighted by molar-refractivity contribution is 6.30. The Morgan fingerprint density at radius 1 is 1.32 bits per heavy atom. The monoisotopic (exact) mass is 339 g/mol. The minimum Gasteiger partial charge on any atom is -0.339 e. The van der Waals surface area contributed by atoms with Gasteiger partial charge in [-0.05, 0) is 43.0 Å². The topological polar surface area (TPSA) is 51.0 Å². The van der Waals surface area contributed by atoms with Crippen LogP contribution >= 0.6 is 24.0 Å². The van der Waals surface area contributed by atoms with Crippen LogP contribution in [0.2, 0.25) is 5.02 Å². The van der Waals surface area contributed by atoms with Crippen molar-refractivity contribution in [3.63, 3.8) is 0 Å². The normalized spacial score (nSPS) is 26.7. The highest BCUT2D eigenvalue weighted by atomic mass is 35.5. The van der Waals surface area contributed by atoms with Crippen LogP contribution in [0.15, 0.2) is 28.8 Å². The van der Waals surface area contributed by atoms with E-state index in [2.05, 4.69) is 10.5 Å². The predicted molar refractivity (Wildman–Crippen MR) is 87.7 cm³/mol. The lowest BCUT2D eigenvalue weighted by Crippen LogP contribution is -2.31. The molecule has 1 saturated carbocycles. The van der Waals surface area contributed by atoms with Crippen LogP contribution in [-0.2, 0) is 11.8 Å². The number of rotatable bonds is 3. The van der Waals surface area contributed by atoms with Crippen LogP contribution in [0.3, 0.4) is 0 Å². The van der Waals surface area contributed by atoms with E-state index in [1.807, 2.05) is 24.3 Å². The summed E-state index contributed by atoms with van der Waals surface area (Å²) in [5.74, 6) is 2.25. The Labute approximate surface area is 141 Å². The van der Waals surface area contributed by atoms with Crippen molar-refractivity contribution in [1.29, 1.82) is 0 Å². The molecule has 0 radical (unpaired) electrons. The Kier molecular flexibility index (Phi) is 4.44. The van der Waals surface area contributed by atoms with Crippen molar-refractivity contribution in [1.82, 2.24) is 15.5 Å². The third-order valence-electron chi connectivity index (χ3n) is 4.96. The van der Waals surface area contributed by atoms with Crippen LogP contribution in [0.1, 0.15) is 36.5 Å². The first-order valence-corrected chi connectivity index (χ1v) is 7.92. The van der Waals surface area contributed by atoms with Crippen LogP contribution in [0.4, 0.5) is 0 Å². The summed E-state index contributed by atoms with van der Waals surface area (Å²) in [6.45, 7) is 2.05. The lowest BCUT2D eigenvalue weighted by molar-refractivity contribution is 0.264. The highest BCUT2D eigenvalue weighted by Crippen LogP contribution is 2.47. The average molecular weight is 340 g/mol. The predicted octanol–water partition coefficient (Wildman–Crippen LogP) is 3.38. The molecule has 4 nitrogen and oxygen atoms in total. The van der Waals surface area contributed by atoms with Gasteiger partial charge in [0.25, 0.3) is 0 Å². The number of hydrogen-bond donors (Lipinski definition) is 1. The second kappa shape index (κ2) is 6.19. The zero-order valence-corrected chi connectivity index (χ0v) is 13.8. The maximum Gasteiger partial charge on any atom is 0.234 e. The van der Waals surface area contributed by atoms with E-state index in [1.54, 1.807) is 0 Å². The Hall–Kier alpha value is -1.10.